The average molecular weight is 364 g/mol. The maximum absolute atomic E-state index is 12.0. The van der Waals surface area contributed by atoms with Gasteiger partial charge in [0.05, 0.1) is 4.92 Å². The first-order valence-electron chi connectivity index (χ1n) is 8.69. The summed E-state index contributed by atoms with van der Waals surface area (Å²) in [5, 5.41) is 13.8. The van der Waals surface area contributed by atoms with Crippen LogP contribution in [-0.2, 0) is 14.3 Å². The topological polar surface area (TPSA) is 108 Å². The van der Waals surface area contributed by atoms with Crippen LogP contribution in [0.15, 0.2) is 24.3 Å². The van der Waals surface area contributed by atoms with Gasteiger partial charge < -0.3 is 14.8 Å². The summed E-state index contributed by atoms with van der Waals surface area (Å²) in [6, 6.07) is 5.83. The number of carbonyl (C=O) groups is 2. The molecule has 0 bridgehead atoms. The average Bonchev–Trinajstić information content (AvgIpc) is 2.62. The van der Waals surface area contributed by atoms with Gasteiger partial charge in [0.2, 0.25) is 0 Å². The van der Waals surface area contributed by atoms with E-state index in [1.165, 1.54) is 18.2 Å². The van der Waals surface area contributed by atoms with E-state index in [0.29, 0.717) is 11.8 Å². The number of benzene rings is 1. The second-order valence-corrected chi connectivity index (χ2v) is 6.62. The van der Waals surface area contributed by atoms with Crippen molar-refractivity contribution in [2.24, 2.45) is 11.8 Å². The lowest BCUT2D eigenvalue weighted by molar-refractivity contribution is -0.385. The van der Waals surface area contributed by atoms with Gasteiger partial charge in [0.1, 0.15) is 0 Å². The fraction of sp³-hybridized carbons (Fsp3) is 0.556. The van der Waals surface area contributed by atoms with Crippen LogP contribution < -0.4 is 10.1 Å². The molecule has 1 aromatic rings. The van der Waals surface area contributed by atoms with Crippen LogP contribution in [0.4, 0.5) is 5.69 Å². The Balaban J connectivity index is 1.75. The minimum Gasteiger partial charge on any atom is -0.475 e. The zero-order valence-corrected chi connectivity index (χ0v) is 15.0. The molecule has 0 spiro atoms. The highest BCUT2D eigenvalue weighted by atomic mass is 16.6. The molecule has 1 saturated carbocycles. The summed E-state index contributed by atoms with van der Waals surface area (Å²) >= 11 is 0. The van der Waals surface area contributed by atoms with Gasteiger partial charge in [-0.2, -0.15) is 0 Å². The number of nitro groups is 1. The Hall–Kier alpha value is -2.64. The lowest BCUT2D eigenvalue weighted by atomic mass is 9.78. The van der Waals surface area contributed by atoms with Crippen molar-refractivity contribution in [1.29, 1.82) is 0 Å². The van der Waals surface area contributed by atoms with Crippen LogP contribution in [0.2, 0.25) is 0 Å². The van der Waals surface area contributed by atoms with Crippen LogP contribution in [-0.4, -0.2) is 36.1 Å². The van der Waals surface area contributed by atoms with Gasteiger partial charge in [-0.1, -0.05) is 38.8 Å². The molecule has 1 aromatic carbocycles. The van der Waals surface area contributed by atoms with Crippen molar-refractivity contribution in [3.63, 3.8) is 0 Å². The smallest absolute Gasteiger partial charge is 0.344 e. The third kappa shape index (κ3) is 5.44. The Kier molecular flexibility index (Phi) is 6.94. The number of nitro benzene ring substituents is 1. The minimum absolute atomic E-state index is 0.0241. The SMILES string of the molecule is C[C@H]1[C@H](C)CCC[C@H]1NC(=O)COC(=O)COc1ccccc1[N+](=O)[O-]. The predicted octanol–water partition coefficient (Wildman–Crippen LogP) is 2.46. The first-order chi connectivity index (χ1) is 12.4. The molecule has 26 heavy (non-hydrogen) atoms. The van der Waals surface area contributed by atoms with Crippen LogP contribution in [0, 0.1) is 22.0 Å². The van der Waals surface area contributed by atoms with E-state index in [1.54, 1.807) is 6.07 Å². The highest BCUT2D eigenvalue weighted by Crippen LogP contribution is 2.29. The van der Waals surface area contributed by atoms with E-state index < -0.39 is 24.1 Å². The van der Waals surface area contributed by atoms with Gasteiger partial charge in [-0.05, 0) is 24.3 Å². The quantitative estimate of drug-likeness (QED) is 0.452. The maximum atomic E-state index is 12.0. The van der Waals surface area contributed by atoms with Gasteiger partial charge in [-0.15, -0.1) is 0 Å². The lowest BCUT2D eigenvalue weighted by Gasteiger charge is -2.34. The van der Waals surface area contributed by atoms with Crippen molar-refractivity contribution in [3.05, 3.63) is 34.4 Å². The van der Waals surface area contributed by atoms with Gasteiger partial charge in [0.25, 0.3) is 5.91 Å². The van der Waals surface area contributed by atoms with E-state index in [2.05, 4.69) is 19.2 Å². The summed E-state index contributed by atoms with van der Waals surface area (Å²) in [5.74, 6) is -0.209. The molecule has 8 heteroatoms. The number of nitrogens with one attached hydrogen (secondary N) is 1. The molecule has 3 atom stereocenters. The van der Waals surface area contributed by atoms with Crippen LogP contribution >= 0.6 is 0 Å². The first kappa shape index (κ1) is 19.7. The maximum Gasteiger partial charge on any atom is 0.344 e. The number of esters is 1. The fourth-order valence-electron chi connectivity index (χ4n) is 3.09. The molecule has 0 aromatic heterocycles. The van der Waals surface area contributed by atoms with E-state index in [0.717, 1.165) is 19.3 Å². The molecule has 1 amide bonds. The van der Waals surface area contributed by atoms with E-state index in [-0.39, 0.29) is 23.4 Å². The number of amides is 1. The molecule has 1 fully saturated rings. The Labute approximate surface area is 152 Å². The van der Waals surface area contributed by atoms with Crippen molar-refractivity contribution < 1.29 is 24.0 Å². The van der Waals surface area contributed by atoms with Gasteiger partial charge in [0, 0.05) is 12.1 Å². The molecule has 142 valence electrons. The third-order valence-corrected chi connectivity index (χ3v) is 4.82. The number of rotatable bonds is 7. The Morgan fingerprint density at radius 1 is 1.23 bits per heavy atom. The summed E-state index contributed by atoms with van der Waals surface area (Å²) in [6.45, 7) is 3.39. The molecule has 1 aliphatic rings. The number of hydrogen-bond donors (Lipinski definition) is 1. The van der Waals surface area contributed by atoms with Gasteiger partial charge >= 0.3 is 11.7 Å². The van der Waals surface area contributed by atoms with Crippen molar-refractivity contribution in [1.82, 2.24) is 5.32 Å². The second-order valence-electron chi connectivity index (χ2n) is 6.62. The molecular formula is C18H24N2O6. The molecule has 0 saturated heterocycles. The standard InChI is InChI=1S/C18H24N2O6/c1-12-6-5-7-14(13(12)2)19-17(21)10-26-18(22)11-25-16-9-4-3-8-15(16)20(23)24/h3-4,8-9,12-14H,5-7,10-11H2,1-2H3,(H,19,21)/t12-,13+,14-/m1/s1. The number of carbonyl (C=O) groups excluding carboxylic acids is 2. The fourth-order valence-corrected chi connectivity index (χ4v) is 3.09. The number of ether oxygens (including phenoxy) is 2. The zero-order chi connectivity index (χ0) is 19.1. The highest BCUT2D eigenvalue weighted by Gasteiger charge is 2.28. The molecular weight excluding hydrogens is 340 g/mol. The van der Waals surface area contributed by atoms with Crippen molar-refractivity contribution in [2.45, 2.75) is 39.2 Å². The Bertz CT molecular complexity index is 663. The molecule has 0 heterocycles. The predicted molar refractivity (Wildman–Crippen MR) is 93.7 cm³/mol. The normalized spacial score (nSPS) is 22.3. The van der Waals surface area contributed by atoms with Gasteiger partial charge in [-0.3, -0.25) is 14.9 Å². The molecule has 8 nitrogen and oxygen atoms in total. The van der Waals surface area contributed by atoms with Crippen molar-refractivity contribution >= 4 is 17.6 Å². The van der Waals surface area contributed by atoms with Crippen LogP contribution in [0.25, 0.3) is 0 Å². The van der Waals surface area contributed by atoms with Crippen LogP contribution in [0.1, 0.15) is 33.1 Å². The molecule has 1 aliphatic carbocycles. The number of hydrogen-bond acceptors (Lipinski definition) is 6. The summed E-state index contributed by atoms with van der Waals surface area (Å²) in [6.07, 6.45) is 3.15. The number of nitrogens with zero attached hydrogens (tertiary/aromatic N) is 1. The molecule has 0 radical (unpaired) electrons. The van der Waals surface area contributed by atoms with Crippen LogP contribution in [0.3, 0.4) is 0 Å². The van der Waals surface area contributed by atoms with E-state index in [9.17, 15) is 19.7 Å². The van der Waals surface area contributed by atoms with E-state index in [1.807, 2.05) is 0 Å². The molecule has 1 N–H and O–H groups in total. The zero-order valence-electron chi connectivity index (χ0n) is 15.0. The second kappa shape index (κ2) is 9.17. The summed E-state index contributed by atoms with van der Waals surface area (Å²) in [4.78, 5) is 34.0. The third-order valence-electron chi connectivity index (χ3n) is 4.82. The minimum atomic E-state index is -0.761. The summed E-state index contributed by atoms with van der Waals surface area (Å²) in [7, 11) is 0. The van der Waals surface area contributed by atoms with Crippen molar-refractivity contribution in [2.75, 3.05) is 13.2 Å². The van der Waals surface area contributed by atoms with Crippen molar-refractivity contribution in [3.8, 4) is 5.75 Å². The molecule has 2 rings (SSSR count). The lowest BCUT2D eigenvalue weighted by Crippen LogP contribution is -2.45. The van der Waals surface area contributed by atoms with E-state index >= 15 is 0 Å². The van der Waals surface area contributed by atoms with E-state index in [4.69, 9.17) is 9.47 Å². The van der Waals surface area contributed by atoms with Gasteiger partial charge in [-0.25, -0.2) is 4.79 Å². The molecule has 0 aliphatic heterocycles. The summed E-state index contributed by atoms with van der Waals surface area (Å²) in [5.41, 5.74) is -0.238. The van der Waals surface area contributed by atoms with Crippen LogP contribution in [0.5, 0.6) is 5.75 Å². The Morgan fingerprint density at radius 3 is 2.69 bits per heavy atom. The largest absolute Gasteiger partial charge is 0.475 e. The summed E-state index contributed by atoms with van der Waals surface area (Å²) < 4.78 is 10.0. The first-order valence-corrected chi connectivity index (χ1v) is 8.69. The highest BCUT2D eigenvalue weighted by molar-refractivity contribution is 5.81. The molecule has 0 unspecified atom stereocenters. The monoisotopic (exact) mass is 364 g/mol. The van der Waals surface area contributed by atoms with Gasteiger partial charge in [0.15, 0.2) is 19.0 Å². The Morgan fingerprint density at radius 2 is 1.96 bits per heavy atom. The number of para-hydroxylation sites is 2.